The fourth-order valence-electron chi connectivity index (χ4n) is 3.47. The average Bonchev–Trinajstić information content (AvgIpc) is 2.80. The molecule has 1 atom stereocenters. The summed E-state index contributed by atoms with van der Waals surface area (Å²) >= 11 is 1.51. The Morgan fingerprint density at radius 2 is 1.60 bits per heavy atom. The van der Waals surface area contributed by atoms with Crippen LogP contribution in [0.15, 0.2) is 76.5 Å². The highest BCUT2D eigenvalue weighted by Crippen LogP contribution is 2.32. The minimum atomic E-state index is -4.89. The Morgan fingerprint density at radius 3 is 2.14 bits per heavy atom. The lowest BCUT2D eigenvalue weighted by Gasteiger charge is -2.15. The van der Waals surface area contributed by atoms with Gasteiger partial charge >= 0.3 is 18.1 Å². The van der Waals surface area contributed by atoms with Crippen molar-refractivity contribution >= 4 is 23.6 Å². The molecule has 0 saturated heterocycles. The van der Waals surface area contributed by atoms with E-state index >= 15 is 0 Å². The smallest absolute Gasteiger partial charge is 0.471 e. The first kappa shape index (κ1) is 26.2. The van der Waals surface area contributed by atoms with Gasteiger partial charge in [0.1, 0.15) is 11.5 Å². The molecule has 184 valence electrons. The summed E-state index contributed by atoms with van der Waals surface area (Å²) in [5.74, 6) is -1.85. The molecule has 3 aromatic carbocycles. The van der Waals surface area contributed by atoms with E-state index in [9.17, 15) is 27.9 Å². The zero-order chi connectivity index (χ0) is 25.6. The number of carboxylic acids is 1. The lowest BCUT2D eigenvalue weighted by molar-refractivity contribution is -0.174. The molecule has 0 saturated carbocycles. The quantitative estimate of drug-likeness (QED) is 0.349. The van der Waals surface area contributed by atoms with Crippen molar-refractivity contribution < 1.29 is 32.6 Å². The molecule has 1 amide bonds. The van der Waals surface area contributed by atoms with Gasteiger partial charge in [0.25, 0.3) is 0 Å². The van der Waals surface area contributed by atoms with Crippen LogP contribution < -0.4 is 10.1 Å². The summed E-state index contributed by atoms with van der Waals surface area (Å²) in [4.78, 5) is 24.4. The topological polar surface area (TPSA) is 75.6 Å². The van der Waals surface area contributed by atoms with Crippen LogP contribution in [0.4, 0.5) is 13.2 Å². The first-order valence-electron chi connectivity index (χ1n) is 10.8. The minimum absolute atomic E-state index is 0.220. The number of ether oxygens (including phenoxy) is 1. The molecule has 0 aromatic heterocycles. The Hall–Kier alpha value is -3.46. The monoisotopic (exact) mass is 503 g/mol. The molecule has 9 heteroatoms. The van der Waals surface area contributed by atoms with Gasteiger partial charge in [0.2, 0.25) is 0 Å². The Labute approximate surface area is 205 Å². The van der Waals surface area contributed by atoms with Crippen LogP contribution in [-0.2, 0) is 17.6 Å². The van der Waals surface area contributed by atoms with E-state index in [0.717, 1.165) is 15.4 Å². The maximum atomic E-state index is 12.4. The van der Waals surface area contributed by atoms with Crippen molar-refractivity contribution in [2.75, 3.05) is 0 Å². The number of rotatable bonds is 9. The molecule has 0 heterocycles. The van der Waals surface area contributed by atoms with Crippen molar-refractivity contribution in [3.63, 3.8) is 0 Å². The van der Waals surface area contributed by atoms with Gasteiger partial charge in [0.15, 0.2) is 0 Å². The van der Waals surface area contributed by atoms with Crippen molar-refractivity contribution in [1.29, 1.82) is 0 Å². The number of hydrogen-bond acceptors (Lipinski definition) is 4. The zero-order valence-electron chi connectivity index (χ0n) is 19.1. The molecule has 3 rings (SSSR count). The largest absolute Gasteiger partial charge is 0.478 e. The van der Waals surface area contributed by atoms with E-state index in [2.05, 4.69) is 0 Å². The first-order valence-corrected chi connectivity index (χ1v) is 11.7. The van der Waals surface area contributed by atoms with E-state index < -0.39 is 24.1 Å². The summed E-state index contributed by atoms with van der Waals surface area (Å²) < 4.78 is 43.1. The van der Waals surface area contributed by atoms with Crippen LogP contribution in [0.1, 0.15) is 35.3 Å². The molecule has 0 spiro atoms. The van der Waals surface area contributed by atoms with Gasteiger partial charge in [0, 0.05) is 21.4 Å². The second-order valence-corrected chi connectivity index (χ2v) is 8.98. The molecule has 0 bridgehead atoms. The van der Waals surface area contributed by atoms with Crippen LogP contribution in [0, 0.1) is 0 Å². The van der Waals surface area contributed by atoms with Crippen molar-refractivity contribution in [2.24, 2.45) is 0 Å². The number of benzene rings is 3. The van der Waals surface area contributed by atoms with E-state index in [1.165, 1.54) is 18.7 Å². The Morgan fingerprint density at radius 1 is 1.00 bits per heavy atom. The minimum Gasteiger partial charge on any atom is -0.478 e. The normalized spacial score (nSPS) is 12.1. The lowest BCUT2D eigenvalue weighted by Crippen LogP contribution is -2.42. The third-order valence-electron chi connectivity index (χ3n) is 5.10. The van der Waals surface area contributed by atoms with Crippen molar-refractivity contribution in [3.05, 3.63) is 83.4 Å². The Bertz CT molecular complexity index is 1180. The predicted molar refractivity (Wildman–Crippen MR) is 127 cm³/mol. The highest BCUT2D eigenvalue weighted by molar-refractivity contribution is 7.99. The number of amides is 1. The third kappa shape index (κ3) is 7.26. The summed E-state index contributed by atoms with van der Waals surface area (Å²) in [6.07, 6.45) is -4.09. The summed E-state index contributed by atoms with van der Waals surface area (Å²) in [7, 11) is 0. The second-order valence-electron chi connectivity index (χ2n) is 7.84. The molecule has 5 nitrogen and oxygen atoms in total. The van der Waals surface area contributed by atoms with Crippen LogP contribution in [0.3, 0.4) is 0 Å². The second kappa shape index (κ2) is 11.3. The van der Waals surface area contributed by atoms with Crippen molar-refractivity contribution in [3.8, 4) is 11.5 Å². The third-order valence-corrected chi connectivity index (χ3v) is 6.12. The van der Waals surface area contributed by atoms with Crippen LogP contribution in [0.5, 0.6) is 11.5 Å². The summed E-state index contributed by atoms with van der Waals surface area (Å²) in [6.45, 7) is 3.40. The SMILES string of the molecule is CCc1c(Oc2ccc(Sc3ccc(CC(C)NC(=O)C(F)(F)F)cc3)cc2)cccc1C(=O)O. The first-order chi connectivity index (χ1) is 16.6. The summed E-state index contributed by atoms with van der Waals surface area (Å²) in [5.41, 5.74) is 1.66. The summed E-state index contributed by atoms with van der Waals surface area (Å²) in [6, 6.07) is 19.0. The maximum Gasteiger partial charge on any atom is 0.471 e. The molecule has 3 aromatic rings. The standard InChI is InChI=1S/C26H24F3NO4S/c1-3-21-22(24(31)32)5-4-6-23(21)34-18-9-13-20(14-10-18)35-19-11-7-17(8-12-19)15-16(2)30-25(33)26(27,28)29/h4-14,16H,3,15H2,1-2H3,(H,30,33)(H,31,32). The van der Waals surface area contributed by atoms with Gasteiger partial charge in [0.05, 0.1) is 5.56 Å². The lowest BCUT2D eigenvalue weighted by atomic mass is 10.0. The van der Waals surface area contributed by atoms with Crippen molar-refractivity contribution in [2.45, 2.75) is 48.7 Å². The highest BCUT2D eigenvalue weighted by atomic mass is 32.2. The average molecular weight is 504 g/mol. The van der Waals surface area contributed by atoms with E-state index in [1.807, 2.05) is 48.6 Å². The number of carboxylic acid groups (broad SMARTS) is 1. The molecule has 1 unspecified atom stereocenters. The number of hydrogen-bond donors (Lipinski definition) is 2. The van der Waals surface area contributed by atoms with Gasteiger partial charge in [-0.3, -0.25) is 4.79 Å². The number of carbonyl (C=O) groups is 2. The number of carbonyl (C=O) groups excluding carboxylic acids is 1. The van der Waals surface area contributed by atoms with Gasteiger partial charge in [-0.2, -0.15) is 13.2 Å². The molecule has 0 radical (unpaired) electrons. The van der Waals surface area contributed by atoms with Crippen LogP contribution in [-0.4, -0.2) is 29.2 Å². The maximum absolute atomic E-state index is 12.4. The molecule has 2 N–H and O–H groups in total. The fourth-order valence-corrected chi connectivity index (χ4v) is 4.29. The van der Waals surface area contributed by atoms with Gasteiger partial charge in [-0.1, -0.05) is 36.9 Å². The molecule has 35 heavy (non-hydrogen) atoms. The highest BCUT2D eigenvalue weighted by Gasteiger charge is 2.39. The van der Waals surface area contributed by atoms with Gasteiger partial charge in [-0.05, 0) is 73.9 Å². The number of halogens is 3. The fraction of sp³-hybridized carbons (Fsp3) is 0.231. The predicted octanol–water partition coefficient (Wildman–Crippen LogP) is 6.50. The van der Waals surface area contributed by atoms with E-state index in [-0.39, 0.29) is 12.0 Å². The number of aromatic carboxylic acids is 1. The van der Waals surface area contributed by atoms with Crippen LogP contribution in [0.2, 0.25) is 0 Å². The number of nitrogens with one attached hydrogen (secondary N) is 1. The Balaban J connectivity index is 1.60. The van der Waals surface area contributed by atoms with E-state index in [4.69, 9.17) is 4.74 Å². The van der Waals surface area contributed by atoms with Crippen LogP contribution >= 0.6 is 11.8 Å². The molecular weight excluding hydrogens is 479 g/mol. The molecule has 0 aliphatic carbocycles. The zero-order valence-corrected chi connectivity index (χ0v) is 19.9. The van der Waals surface area contributed by atoms with E-state index in [1.54, 1.807) is 30.3 Å². The van der Waals surface area contributed by atoms with E-state index in [0.29, 0.717) is 23.5 Å². The molecule has 0 aliphatic rings. The summed E-state index contributed by atoms with van der Waals surface area (Å²) in [5, 5.41) is 11.3. The van der Waals surface area contributed by atoms with Gasteiger partial charge in [-0.25, -0.2) is 4.79 Å². The Kier molecular flexibility index (Phi) is 8.45. The van der Waals surface area contributed by atoms with Crippen molar-refractivity contribution in [1.82, 2.24) is 5.32 Å². The molecule has 0 aliphatic heterocycles. The van der Waals surface area contributed by atoms with Gasteiger partial charge in [-0.15, -0.1) is 0 Å². The number of alkyl halides is 3. The van der Waals surface area contributed by atoms with Crippen LogP contribution in [0.25, 0.3) is 0 Å². The van der Waals surface area contributed by atoms with Gasteiger partial charge < -0.3 is 15.2 Å². The molecular formula is C26H24F3NO4S. The molecule has 0 fully saturated rings.